The van der Waals surface area contributed by atoms with Gasteiger partial charge in [-0.2, -0.15) is 0 Å². The summed E-state index contributed by atoms with van der Waals surface area (Å²) in [4.78, 5) is 56.0. The summed E-state index contributed by atoms with van der Waals surface area (Å²) in [5, 5.41) is 2.55. The molecule has 0 radical (unpaired) electrons. The monoisotopic (exact) mass is 515 g/mol. The zero-order valence-electron chi connectivity index (χ0n) is 20.3. The number of hydrogen-bond acceptors (Lipinski definition) is 7. The van der Waals surface area contributed by atoms with Crippen molar-refractivity contribution in [1.29, 1.82) is 0 Å². The fourth-order valence-corrected chi connectivity index (χ4v) is 4.30. The molecular weight excluding hydrogens is 488 g/mol. The first-order valence-corrected chi connectivity index (χ1v) is 11.9. The van der Waals surface area contributed by atoms with Gasteiger partial charge in [0.1, 0.15) is 17.6 Å². The first-order valence-electron chi connectivity index (χ1n) is 11.9. The van der Waals surface area contributed by atoms with Crippen LogP contribution in [0.1, 0.15) is 30.1 Å². The number of nitrogens with one attached hydrogen (secondary N) is 1. The third kappa shape index (κ3) is 6.19. The minimum atomic E-state index is -0.835. The quantitative estimate of drug-likeness (QED) is 0.573. The second-order valence-corrected chi connectivity index (χ2v) is 8.91. The molecule has 196 valence electrons. The molecule has 2 aliphatic rings. The fraction of sp³-hybridized carbons (Fsp3) is 0.400. The van der Waals surface area contributed by atoms with Gasteiger partial charge in [-0.3, -0.25) is 19.5 Å². The summed E-state index contributed by atoms with van der Waals surface area (Å²) in [7, 11) is 0. The molecule has 12 heteroatoms. The lowest BCUT2D eigenvalue weighted by atomic mass is 10.1. The van der Waals surface area contributed by atoms with E-state index in [-0.39, 0.29) is 68.8 Å². The number of ketones is 1. The number of carbonyl (C=O) groups is 4. The Morgan fingerprint density at radius 1 is 1.14 bits per heavy atom. The number of nitrogens with zero attached hydrogens (tertiary/aromatic N) is 4. The van der Waals surface area contributed by atoms with Gasteiger partial charge in [0.2, 0.25) is 5.91 Å². The second-order valence-electron chi connectivity index (χ2n) is 8.91. The van der Waals surface area contributed by atoms with Crippen LogP contribution in [0.3, 0.4) is 0 Å². The number of hydrogen-bond donors (Lipinski definition) is 1. The molecule has 2 saturated heterocycles. The van der Waals surface area contributed by atoms with Crippen LogP contribution in [0.2, 0.25) is 0 Å². The van der Waals surface area contributed by atoms with Crippen molar-refractivity contribution in [3.63, 3.8) is 0 Å². The molecule has 0 aliphatic carbocycles. The minimum Gasteiger partial charge on any atom is -0.444 e. The Balaban J connectivity index is 1.33. The van der Waals surface area contributed by atoms with Crippen molar-refractivity contribution in [2.45, 2.75) is 25.9 Å². The Hall–Kier alpha value is -4.09. The molecule has 0 saturated carbocycles. The number of ether oxygens (including phenoxy) is 1. The van der Waals surface area contributed by atoms with Gasteiger partial charge in [0, 0.05) is 57.1 Å². The SMILES string of the molecule is CC(=O)CC[C@H]1CN(c2cc(F)c(N3CCN(C(=O)CNC(=O)c4cccnc4)CC3)c(F)c2)C(=O)O1. The number of carbonyl (C=O) groups excluding carboxylic acids is 4. The Morgan fingerprint density at radius 3 is 2.46 bits per heavy atom. The molecular formula is C25H27F2N5O5. The van der Waals surface area contributed by atoms with Gasteiger partial charge in [0.15, 0.2) is 11.6 Å². The van der Waals surface area contributed by atoms with Crippen LogP contribution in [0.5, 0.6) is 0 Å². The van der Waals surface area contributed by atoms with E-state index in [9.17, 15) is 19.2 Å². The Kier molecular flexibility index (Phi) is 7.95. The summed E-state index contributed by atoms with van der Waals surface area (Å²) < 4.78 is 35.2. The molecule has 1 aromatic carbocycles. The van der Waals surface area contributed by atoms with Gasteiger partial charge in [-0.05, 0) is 25.5 Å². The molecule has 2 aromatic rings. The number of halogens is 2. The maximum absolute atomic E-state index is 15.0. The number of aromatic nitrogens is 1. The van der Waals surface area contributed by atoms with Crippen molar-refractivity contribution in [2.24, 2.45) is 0 Å². The minimum absolute atomic E-state index is 0.0345. The van der Waals surface area contributed by atoms with Crippen LogP contribution in [0, 0.1) is 11.6 Å². The molecule has 1 N–H and O–H groups in total. The molecule has 3 amide bonds. The second kappa shape index (κ2) is 11.3. The summed E-state index contributed by atoms with van der Waals surface area (Å²) >= 11 is 0. The summed E-state index contributed by atoms with van der Waals surface area (Å²) in [6.07, 6.45) is 2.28. The van der Waals surface area contributed by atoms with Crippen LogP contribution in [-0.4, -0.2) is 78.9 Å². The van der Waals surface area contributed by atoms with Gasteiger partial charge < -0.3 is 24.6 Å². The highest BCUT2D eigenvalue weighted by molar-refractivity contribution is 5.96. The summed E-state index contributed by atoms with van der Waals surface area (Å²) in [6, 6.07) is 5.36. The number of rotatable bonds is 8. The van der Waals surface area contributed by atoms with Crippen molar-refractivity contribution in [2.75, 3.05) is 49.1 Å². The van der Waals surface area contributed by atoms with Crippen LogP contribution in [0.25, 0.3) is 0 Å². The lowest BCUT2D eigenvalue weighted by molar-refractivity contribution is -0.130. The zero-order chi connectivity index (χ0) is 26.5. The zero-order valence-corrected chi connectivity index (χ0v) is 20.3. The summed E-state index contributed by atoms with van der Waals surface area (Å²) in [6.45, 7) is 2.15. The highest BCUT2D eigenvalue weighted by atomic mass is 19.1. The van der Waals surface area contributed by atoms with Crippen LogP contribution in [-0.2, 0) is 14.3 Å². The van der Waals surface area contributed by atoms with Crippen molar-refractivity contribution >= 4 is 35.1 Å². The third-order valence-electron chi connectivity index (χ3n) is 6.28. The molecule has 0 spiro atoms. The number of pyridine rings is 1. The van der Waals surface area contributed by atoms with Gasteiger partial charge in [0.05, 0.1) is 24.3 Å². The van der Waals surface area contributed by atoms with E-state index in [2.05, 4.69) is 10.3 Å². The van der Waals surface area contributed by atoms with E-state index in [4.69, 9.17) is 4.74 Å². The van der Waals surface area contributed by atoms with Gasteiger partial charge in [0.25, 0.3) is 5.91 Å². The van der Waals surface area contributed by atoms with E-state index in [1.807, 2.05) is 0 Å². The average Bonchev–Trinajstić information content (AvgIpc) is 3.26. The maximum Gasteiger partial charge on any atom is 0.414 e. The van der Waals surface area contributed by atoms with E-state index in [1.54, 1.807) is 12.1 Å². The first-order chi connectivity index (χ1) is 17.7. The largest absolute Gasteiger partial charge is 0.444 e. The van der Waals surface area contributed by atoms with E-state index >= 15 is 8.78 Å². The number of amides is 3. The predicted octanol–water partition coefficient (Wildman–Crippen LogP) is 2.13. The van der Waals surface area contributed by atoms with Crippen LogP contribution >= 0.6 is 0 Å². The van der Waals surface area contributed by atoms with Gasteiger partial charge in [-0.15, -0.1) is 0 Å². The van der Waals surface area contributed by atoms with Crippen LogP contribution < -0.4 is 15.1 Å². The molecule has 10 nitrogen and oxygen atoms in total. The first kappa shape index (κ1) is 26.0. The van der Waals surface area contributed by atoms with Crippen LogP contribution in [0.4, 0.5) is 25.0 Å². The highest BCUT2D eigenvalue weighted by Gasteiger charge is 2.34. The molecule has 3 heterocycles. The molecule has 1 aromatic heterocycles. The van der Waals surface area contributed by atoms with Crippen molar-refractivity contribution in [3.8, 4) is 0 Å². The summed E-state index contributed by atoms with van der Waals surface area (Å²) in [5.41, 5.74) is 0.136. The van der Waals surface area contributed by atoms with Gasteiger partial charge in [-0.1, -0.05) is 0 Å². The molecule has 0 bridgehead atoms. The fourth-order valence-electron chi connectivity index (χ4n) is 4.30. The summed E-state index contributed by atoms with van der Waals surface area (Å²) in [5.74, 6) is -2.43. The lowest BCUT2D eigenvalue weighted by Gasteiger charge is -2.36. The van der Waals surface area contributed by atoms with E-state index in [1.165, 1.54) is 29.1 Å². The normalized spacial score (nSPS) is 17.5. The molecule has 2 aliphatic heterocycles. The molecule has 1 atom stereocenters. The van der Waals surface area contributed by atoms with Crippen molar-refractivity contribution in [1.82, 2.24) is 15.2 Å². The molecule has 37 heavy (non-hydrogen) atoms. The Labute approximate surface area is 212 Å². The standard InChI is InChI=1S/C25H27F2N5O5/c1-16(33)4-5-19-15-32(25(36)37-19)18-11-20(26)23(21(27)12-18)31-9-7-30(8-10-31)22(34)14-29-24(35)17-3-2-6-28-13-17/h2-3,6,11-13,19H,4-5,7-10,14-15H2,1H3,(H,29,35)/t19-/m0/s1. The molecule has 2 fully saturated rings. The van der Waals surface area contributed by atoms with E-state index in [0.29, 0.717) is 12.0 Å². The topological polar surface area (TPSA) is 112 Å². The van der Waals surface area contributed by atoms with Gasteiger partial charge in [-0.25, -0.2) is 13.6 Å². The molecule has 0 unspecified atom stereocenters. The maximum atomic E-state index is 15.0. The lowest BCUT2D eigenvalue weighted by Crippen LogP contribution is -2.51. The number of cyclic esters (lactones) is 1. The Morgan fingerprint density at radius 2 is 1.84 bits per heavy atom. The highest BCUT2D eigenvalue weighted by Crippen LogP contribution is 2.32. The van der Waals surface area contributed by atoms with Crippen LogP contribution in [0.15, 0.2) is 36.7 Å². The molecule has 4 rings (SSSR count). The third-order valence-corrected chi connectivity index (χ3v) is 6.28. The average molecular weight is 516 g/mol. The number of Topliss-reactive ketones (excluding diaryl/α,β-unsaturated/α-hetero) is 1. The van der Waals surface area contributed by atoms with Gasteiger partial charge >= 0.3 is 6.09 Å². The Bertz CT molecular complexity index is 1160. The van der Waals surface area contributed by atoms with Crippen molar-refractivity contribution < 1.29 is 32.7 Å². The number of anilines is 2. The van der Waals surface area contributed by atoms with E-state index in [0.717, 1.165) is 17.0 Å². The predicted molar refractivity (Wildman–Crippen MR) is 129 cm³/mol. The number of benzene rings is 1. The van der Waals surface area contributed by atoms with Crippen molar-refractivity contribution in [3.05, 3.63) is 53.9 Å². The number of piperazine rings is 1. The smallest absolute Gasteiger partial charge is 0.414 e. The van der Waals surface area contributed by atoms with E-state index < -0.39 is 29.7 Å².